The molecule has 8 heterocycles. The molecular formula is C47H59F2N13O8. The zero-order valence-corrected chi connectivity index (χ0v) is 38.8. The van der Waals surface area contributed by atoms with Crippen molar-refractivity contribution >= 4 is 52.0 Å². The predicted octanol–water partition coefficient (Wildman–Crippen LogP) is 4.06. The fourth-order valence-electron chi connectivity index (χ4n) is 9.79. The van der Waals surface area contributed by atoms with Crippen molar-refractivity contribution in [1.29, 1.82) is 0 Å². The number of aliphatic carboxylic acids is 1. The number of rotatable bonds is 22. The van der Waals surface area contributed by atoms with Crippen molar-refractivity contribution in [2.24, 2.45) is 11.8 Å². The molecule has 4 aliphatic rings. The van der Waals surface area contributed by atoms with Crippen molar-refractivity contribution < 1.29 is 42.5 Å². The second-order valence-electron chi connectivity index (χ2n) is 18.3. The average molecular weight is 972 g/mol. The van der Waals surface area contributed by atoms with Gasteiger partial charge in [-0.1, -0.05) is 0 Å². The molecule has 5 aromatic rings. The van der Waals surface area contributed by atoms with E-state index in [1.807, 2.05) is 12.1 Å². The van der Waals surface area contributed by atoms with Gasteiger partial charge in [0.1, 0.15) is 17.9 Å². The minimum Gasteiger partial charge on any atom is -0.480 e. The number of ether oxygens (including phenoxy) is 3. The molecule has 21 nitrogen and oxygen atoms in total. The maximum atomic E-state index is 14.2. The molecule has 23 heteroatoms. The third-order valence-corrected chi connectivity index (χ3v) is 13.4. The van der Waals surface area contributed by atoms with Gasteiger partial charge in [-0.2, -0.15) is 10.2 Å². The van der Waals surface area contributed by atoms with Crippen molar-refractivity contribution in [3.63, 3.8) is 0 Å². The van der Waals surface area contributed by atoms with Crippen LogP contribution in [0.2, 0.25) is 0 Å². The highest BCUT2D eigenvalue weighted by Gasteiger charge is 2.40. The van der Waals surface area contributed by atoms with E-state index in [2.05, 4.69) is 46.2 Å². The third kappa shape index (κ3) is 11.9. The number of nitrogens with one attached hydrogen (secondary N) is 4. The lowest BCUT2D eigenvalue weighted by Crippen LogP contribution is -2.41. The fourth-order valence-corrected chi connectivity index (χ4v) is 9.79. The molecule has 70 heavy (non-hydrogen) atoms. The quantitative estimate of drug-likeness (QED) is 0.0615. The van der Waals surface area contributed by atoms with E-state index in [4.69, 9.17) is 24.3 Å². The number of morpholine rings is 1. The monoisotopic (exact) mass is 971 g/mol. The summed E-state index contributed by atoms with van der Waals surface area (Å²) in [5.74, 6) is -1.07. The summed E-state index contributed by atoms with van der Waals surface area (Å²) < 4.78 is 49.8. The van der Waals surface area contributed by atoms with Crippen LogP contribution in [0.4, 0.5) is 37.3 Å². The number of halogens is 2. The Kier molecular flexibility index (Phi) is 15.6. The van der Waals surface area contributed by atoms with Crippen LogP contribution in [0.1, 0.15) is 73.5 Å². The molecule has 0 aromatic carbocycles. The molecule has 5 aromatic heterocycles. The molecule has 5 N–H and O–H groups in total. The molecule has 9 rings (SSSR count). The largest absolute Gasteiger partial charge is 0.480 e. The van der Waals surface area contributed by atoms with E-state index >= 15 is 0 Å². The summed E-state index contributed by atoms with van der Waals surface area (Å²) in [5.41, 5.74) is 1.67. The lowest BCUT2D eigenvalue weighted by Gasteiger charge is -2.33. The Hall–Kier alpha value is -6.56. The highest BCUT2D eigenvalue weighted by molar-refractivity contribution is 6.08. The SMILES string of the molecule is O=C(O)Cn1cc(NC(=O)[C@H]2CCCN(c3cncc(NCCOCCOCCNCC4CCC(n5cc(NC(=O)c6cnn7ccc(N8C[C@H]9C[C@@H]8CO9)nc67)c(C(F)F)n5)CC4)c3)C2)ccc1=O. The van der Waals surface area contributed by atoms with E-state index in [9.17, 15) is 28.0 Å². The first-order chi connectivity index (χ1) is 34.0. The molecule has 0 radical (unpaired) electrons. The van der Waals surface area contributed by atoms with E-state index < -0.39 is 36.1 Å². The number of hydrogen-bond donors (Lipinski definition) is 5. The van der Waals surface area contributed by atoms with Gasteiger partial charge in [0.15, 0.2) is 11.3 Å². The van der Waals surface area contributed by atoms with Gasteiger partial charge in [-0.05, 0) is 75.6 Å². The number of piperidine rings is 1. The summed E-state index contributed by atoms with van der Waals surface area (Å²) in [6.45, 7) is 6.13. The zero-order valence-electron chi connectivity index (χ0n) is 38.8. The number of carboxylic acids is 1. The maximum Gasteiger partial charge on any atom is 0.323 e. The van der Waals surface area contributed by atoms with Gasteiger partial charge in [-0.3, -0.25) is 28.8 Å². The lowest BCUT2D eigenvalue weighted by atomic mass is 9.86. The van der Waals surface area contributed by atoms with Crippen molar-refractivity contribution in [1.82, 2.24) is 39.2 Å². The highest BCUT2D eigenvalue weighted by atomic mass is 19.3. The number of carbonyl (C=O) groups excluding carboxylic acids is 2. The van der Waals surface area contributed by atoms with Crippen LogP contribution in [0, 0.1) is 11.8 Å². The molecule has 3 atom stereocenters. The Bertz CT molecular complexity index is 2670. The van der Waals surface area contributed by atoms with Gasteiger partial charge in [0.25, 0.3) is 17.9 Å². The van der Waals surface area contributed by atoms with E-state index in [-0.39, 0.29) is 41.3 Å². The minimum absolute atomic E-state index is 0.0190. The van der Waals surface area contributed by atoms with Gasteiger partial charge < -0.3 is 55.0 Å². The molecule has 4 fully saturated rings. The molecule has 2 amide bonds. The summed E-state index contributed by atoms with van der Waals surface area (Å²) in [6.07, 6.45) is 12.6. The van der Waals surface area contributed by atoms with Gasteiger partial charge in [0.05, 0.1) is 98.5 Å². The summed E-state index contributed by atoms with van der Waals surface area (Å²) in [5, 5.41) is 29.9. The zero-order chi connectivity index (χ0) is 48.6. The summed E-state index contributed by atoms with van der Waals surface area (Å²) >= 11 is 0. The molecule has 3 aliphatic heterocycles. The Labute approximate surface area is 401 Å². The topological polar surface area (TPSA) is 237 Å². The number of alkyl halides is 2. The van der Waals surface area contributed by atoms with Gasteiger partial charge >= 0.3 is 5.97 Å². The minimum atomic E-state index is -2.87. The number of hydrogen-bond acceptors (Lipinski definition) is 15. The molecule has 0 spiro atoms. The van der Waals surface area contributed by atoms with Gasteiger partial charge in [-0.25, -0.2) is 18.3 Å². The first kappa shape index (κ1) is 48.5. The lowest BCUT2D eigenvalue weighted by molar-refractivity contribution is -0.137. The second-order valence-corrected chi connectivity index (χ2v) is 18.3. The normalized spacial score (nSPS) is 21.2. The van der Waals surface area contributed by atoms with Crippen molar-refractivity contribution in [3.8, 4) is 0 Å². The molecule has 2 bridgehead atoms. The van der Waals surface area contributed by atoms with Crippen LogP contribution in [0.5, 0.6) is 0 Å². The second kappa shape index (κ2) is 22.5. The van der Waals surface area contributed by atoms with E-state index in [1.165, 1.54) is 35.2 Å². The van der Waals surface area contributed by atoms with Gasteiger partial charge in [0.2, 0.25) is 5.91 Å². The Morgan fingerprint density at radius 3 is 2.51 bits per heavy atom. The standard InChI is InChI=1S/C47H59F2N13O8/c48-44(49)43-39(55-47(67)38-23-53-61-13-9-40(56-45(38)61)60-26-37-19-36(60)29-70-37)27-62(57-43)34-6-3-30(4-7-34)20-50-10-14-68-16-17-69-15-11-52-33-18-35(22-51-21-33)58-12-1-2-31(24-58)46(66)54-32-5-8-41(63)59(25-32)28-42(64)65/h5,8-9,13,18,21-23,25,27,30-31,34,36-37,44,50,52H,1-4,6-7,10-12,14-17,19-20,24,26,28-29H2,(H,54,66)(H,55,67)(H,64,65)/t30?,31-,34?,36+,37+/m0/s1. The number of carbonyl (C=O) groups is 3. The molecule has 374 valence electrons. The molecule has 1 saturated carbocycles. The average Bonchev–Trinajstić information content (AvgIpc) is 4.19. The van der Waals surface area contributed by atoms with Crippen LogP contribution < -0.4 is 36.6 Å². The summed E-state index contributed by atoms with van der Waals surface area (Å²) in [7, 11) is 0. The Balaban J connectivity index is 0.632. The summed E-state index contributed by atoms with van der Waals surface area (Å²) in [4.78, 5) is 63.1. The first-order valence-corrected chi connectivity index (χ1v) is 24.0. The maximum absolute atomic E-state index is 14.2. The van der Waals surface area contributed by atoms with Crippen LogP contribution in [-0.4, -0.2) is 141 Å². The predicted molar refractivity (Wildman–Crippen MR) is 254 cm³/mol. The van der Waals surface area contributed by atoms with E-state index in [0.717, 1.165) is 79.9 Å². The fraction of sp³-hybridized carbons (Fsp3) is 0.532. The Morgan fingerprint density at radius 2 is 1.74 bits per heavy atom. The van der Waals surface area contributed by atoms with Crippen LogP contribution in [0.15, 0.2) is 66.2 Å². The Morgan fingerprint density at radius 1 is 0.914 bits per heavy atom. The number of pyridine rings is 2. The van der Waals surface area contributed by atoms with E-state index in [1.54, 1.807) is 23.3 Å². The van der Waals surface area contributed by atoms with Crippen molar-refractivity contribution in [2.75, 3.05) is 98.1 Å². The van der Waals surface area contributed by atoms with Crippen molar-refractivity contribution in [3.05, 3.63) is 83.1 Å². The third-order valence-electron chi connectivity index (χ3n) is 13.4. The van der Waals surface area contributed by atoms with Crippen LogP contribution in [0.25, 0.3) is 5.65 Å². The number of aromatic nitrogens is 7. The van der Waals surface area contributed by atoms with Crippen LogP contribution in [0.3, 0.4) is 0 Å². The van der Waals surface area contributed by atoms with Crippen LogP contribution >= 0.6 is 0 Å². The molecule has 3 saturated heterocycles. The van der Waals surface area contributed by atoms with Gasteiger partial charge in [0, 0.05) is 57.4 Å². The summed E-state index contributed by atoms with van der Waals surface area (Å²) in [6, 6.07) is 6.74. The van der Waals surface area contributed by atoms with Crippen molar-refractivity contribution in [2.45, 2.75) is 76.1 Å². The number of amides is 2. The highest BCUT2D eigenvalue weighted by Crippen LogP contribution is 2.36. The molecule has 0 unspecified atom stereocenters. The molecule has 1 aliphatic carbocycles. The number of fused-ring (bicyclic) bond motifs is 3. The first-order valence-electron chi connectivity index (χ1n) is 24.0. The smallest absolute Gasteiger partial charge is 0.323 e. The van der Waals surface area contributed by atoms with Gasteiger partial charge in [-0.15, -0.1) is 0 Å². The number of nitrogens with zero attached hydrogens (tertiary/aromatic N) is 9. The molecular weight excluding hydrogens is 913 g/mol. The number of anilines is 5. The number of carboxylic acid groups (broad SMARTS) is 1. The van der Waals surface area contributed by atoms with E-state index in [0.29, 0.717) is 76.3 Å². The van der Waals surface area contributed by atoms with Crippen LogP contribution in [-0.2, 0) is 30.3 Å².